The third-order valence-electron chi connectivity index (χ3n) is 4.23. The van der Waals surface area contributed by atoms with Crippen molar-refractivity contribution in [2.45, 2.75) is 19.7 Å². The maximum atomic E-state index is 11.3. The number of carboxylic acid groups (broad SMARTS) is 2. The van der Waals surface area contributed by atoms with Crippen LogP contribution in [0.15, 0.2) is 24.3 Å². The summed E-state index contributed by atoms with van der Waals surface area (Å²) in [4.78, 5) is 30.9. The molecule has 2 heterocycles. The van der Waals surface area contributed by atoms with Gasteiger partial charge in [0, 0.05) is 38.4 Å². The van der Waals surface area contributed by atoms with E-state index < -0.39 is 11.9 Å². The molecule has 2 rings (SSSR count). The quantitative estimate of drug-likeness (QED) is 0.146. The van der Waals surface area contributed by atoms with E-state index in [1.54, 1.807) is 26.2 Å². The van der Waals surface area contributed by atoms with Crippen LogP contribution in [0.5, 0.6) is 5.75 Å². The number of rotatable bonds is 16. The number of hydrogen-bond acceptors (Lipinski definition) is 10. The molecule has 2 aromatic heterocycles. The van der Waals surface area contributed by atoms with Gasteiger partial charge in [-0.2, -0.15) is 0 Å². The molecule has 12 nitrogen and oxygen atoms in total. The van der Waals surface area contributed by atoms with Gasteiger partial charge in [-0.1, -0.05) is 0 Å². The second-order valence-corrected chi connectivity index (χ2v) is 6.97. The molecule has 180 valence electrons. The van der Waals surface area contributed by atoms with E-state index in [1.807, 2.05) is 0 Å². The Morgan fingerprint density at radius 1 is 0.909 bits per heavy atom. The summed E-state index contributed by atoms with van der Waals surface area (Å²) in [6, 6.07) is 6.34. The molecule has 0 amide bonds. The smallest absolute Gasteiger partial charge is 0.354 e. The molecule has 0 saturated carbocycles. The summed E-state index contributed by atoms with van der Waals surface area (Å²) in [5.41, 5.74) is 1.65. The van der Waals surface area contributed by atoms with Crippen molar-refractivity contribution in [3.63, 3.8) is 0 Å². The summed E-state index contributed by atoms with van der Waals surface area (Å²) in [6.07, 6.45) is 0. The molecule has 6 N–H and O–H groups in total. The van der Waals surface area contributed by atoms with E-state index in [0.29, 0.717) is 62.3 Å². The van der Waals surface area contributed by atoms with Crippen molar-refractivity contribution in [2.24, 2.45) is 0 Å². The zero-order chi connectivity index (χ0) is 24.1. The number of pyridine rings is 2. The molecule has 2 aromatic rings. The molecule has 0 unspecified atom stereocenters. The minimum atomic E-state index is -1.13. The van der Waals surface area contributed by atoms with E-state index >= 15 is 0 Å². The Balaban J connectivity index is 1.90. The van der Waals surface area contributed by atoms with Crippen molar-refractivity contribution in [1.82, 2.24) is 31.2 Å². The number of aromatic nitrogens is 2. The molecule has 0 aliphatic rings. The molecule has 0 aliphatic carbocycles. The molecule has 0 radical (unpaired) electrons. The van der Waals surface area contributed by atoms with Crippen molar-refractivity contribution in [1.29, 1.82) is 0 Å². The Morgan fingerprint density at radius 2 is 1.55 bits per heavy atom. The molecular weight excluding hydrogens is 432 g/mol. The number of ether oxygens (including phenoxy) is 2. The molecular formula is C21H30N6O6. The SMILES string of the molecule is CNCCOc1cc(CNCNCc2cc(COCNC)cc(C(=O)O)n2)nc(C(=O)O)c1. The molecule has 33 heavy (non-hydrogen) atoms. The van der Waals surface area contributed by atoms with E-state index in [-0.39, 0.29) is 18.0 Å². The third-order valence-corrected chi connectivity index (χ3v) is 4.23. The number of carboxylic acids is 2. The van der Waals surface area contributed by atoms with Gasteiger partial charge in [0.15, 0.2) is 5.69 Å². The first-order valence-corrected chi connectivity index (χ1v) is 10.3. The lowest BCUT2D eigenvalue weighted by molar-refractivity contribution is 0.0678. The van der Waals surface area contributed by atoms with Gasteiger partial charge < -0.3 is 25.0 Å². The van der Waals surface area contributed by atoms with Gasteiger partial charge in [-0.15, -0.1) is 0 Å². The molecule has 0 fully saturated rings. The van der Waals surface area contributed by atoms with Crippen LogP contribution in [0.1, 0.15) is 37.9 Å². The number of aromatic carboxylic acids is 2. The highest BCUT2D eigenvalue weighted by Crippen LogP contribution is 2.15. The van der Waals surface area contributed by atoms with Crippen molar-refractivity contribution in [3.8, 4) is 5.75 Å². The summed E-state index contributed by atoms with van der Waals surface area (Å²) in [6.45, 7) is 2.64. The Morgan fingerprint density at radius 3 is 2.15 bits per heavy atom. The van der Waals surface area contributed by atoms with Crippen molar-refractivity contribution in [2.75, 3.05) is 40.6 Å². The summed E-state index contributed by atoms with van der Waals surface area (Å²) >= 11 is 0. The monoisotopic (exact) mass is 462 g/mol. The van der Waals surface area contributed by atoms with Crippen LogP contribution in [0.4, 0.5) is 0 Å². The van der Waals surface area contributed by atoms with E-state index in [9.17, 15) is 19.8 Å². The lowest BCUT2D eigenvalue weighted by Crippen LogP contribution is -2.29. The number of nitrogens with zero attached hydrogens (tertiary/aromatic N) is 2. The zero-order valence-corrected chi connectivity index (χ0v) is 18.7. The average molecular weight is 463 g/mol. The first-order valence-electron chi connectivity index (χ1n) is 10.3. The summed E-state index contributed by atoms with van der Waals surface area (Å²) < 4.78 is 11.0. The minimum absolute atomic E-state index is 0.0502. The Labute approximate surface area is 191 Å². The van der Waals surface area contributed by atoms with Gasteiger partial charge in [0.1, 0.15) is 18.1 Å². The minimum Gasteiger partial charge on any atom is -0.492 e. The molecule has 0 bridgehead atoms. The Bertz CT molecular complexity index is 853. The molecule has 0 atom stereocenters. The highest BCUT2D eigenvalue weighted by Gasteiger charge is 2.11. The largest absolute Gasteiger partial charge is 0.492 e. The van der Waals surface area contributed by atoms with Crippen LogP contribution in [0.2, 0.25) is 0 Å². The Kier molecular flexibility index (Phi) is 11.1. The lowest BCUT2D eigenvalue weighted by Gasteiger charge is -2.11. The molecule has 0 aromatic carbocycles. The van der Waals surface area contributed by atoms with E-state index in [1.165, 1.54) is 12.1 Å². The first-order chi connectivity index (χ1) is 15.9. The van der Waals surface area contributed by atoms with Gasteiger partial charge in [0.05, 0.1) is 24.7 Å². The maximum absolute atomic E-state index is 11.3. The number of carbonyl (C=O) groups is 2. The predicted octanol–water partition coefficient (Wildman–Crippen LogP) is 0.00160. The van der Waals surface area contributed by atoms with E-state index in [0.717, 1.165) is 0 Å². The highest BCUT2D eigenvalue weighted by atomic mass is 16.5. The highest BCUT2D eigenvalue weighted by molar-refractivity contribution is 5.86. The third kappa shape index (κ3) is 9.47. The fourth-order valence-corrected chi connectivity index (χ4v) is 2.79. The number of nitrogens with one attached hydrogen (secondary N) is 4. The summed E-state index contributed by atoms with van der Waals surface area (Å²) in [5, 5.41) is 30.6. The lowest BCUT2D eigenvalue weighted by atomic mass is 10.2. The number of hydrogen-bond donors (Lipinski definition) is 6. The average Bonchev–Trinajstić information content (AvgIpc) is 2.79. The molecule has 12 heteroatoms. The van der Waals surface area contributed by atoms with Crippen molar-refractivity contribution < 1.29 is 29.3 Å². The normalized spacial score (nSPS) is 10.8. The van der Waals surface area contributed by atoms with Crippen LogP contribution in [0, 0.1) is 0 Å². The van der Waals surface area contributed by atoms with Crippen molar-refractivity contribution >= 4 is 11.9 Å². The predicted molar refractivity (Wildman–Crippen MR) is 119 cm³/mol. The second kappa shape index (κ2) is 14.1. The molecule has 0 saturated heterocycles. The standard InChI is InChI=1S/C21H30N6O6/c1-22-3-4-33-17-7-16(27-19(8-17)21(30)31)10-25-12-24-9-15-5-14(11-32-13-23-2)6-18(26-15)20(28)29/h5-8,22-25H,3-4,9-13H2,1-2H3,(H,28,29)(H,30,31). The van der Waals surface area contributed by atoms with Crippen LogP contribution >= 0.6 is 0 Å². The van der Waals surface area contributed by atoms with Crippen LogP contribution in [-0.2, 0) is 24.4 Å². The number of likely N-dealkylation sites (N-methyl/N-ethyl adjacent to an activating group) is 1. The molecule has 0 spiro atoms. The van der Waals surface area contributed by atoms with E-state index in [4.69, 9.17) is 9.47 Å². The van der Waals surface area contributed by atoms with Gasteiger partial charge in [-0.25, -0.2) is 19.6 Å². The van der Waals surface area contributed by atoms with Crippen LogP contribution in [-0.4, -0.2) is 72.8 Å². The maximum Gasteiger partial charge on any atom is 0.354 e. The van der Waals surface area contributed by atoms with Gasteiger partial charge in [-0.05, 0) is 31.8 Å². The van der Waals surface area contributed by atoms with Gasteiger partial charge in [-0.3, -0.25) is 16.0 Å². The van der Waals surface area contributed by atoms with Crippen LogP contribution in [0.25, 0.3) is 0 Å². The summed E-state index contributed by atoms with van der Waals surface area (Å²) in [5.74, 6) is -1.81. The summed E-state index contributed by atoms with van der Waals surface area (Å²) in [7, 11) is 3.55. The van der Waals surface area contributed by atoms with Crippen LogP contribution < -0.4 is 26.0 Å². The molecule has 0 aliphatic heterocycles. The van der Waals surface area contributed by atoms with Crippen LogP contribution in [0.3, 0.4) is 0 Å². The topological polar surface area (TPSA) is 167 Å². The first kappa shape index (κ1) is 26.1. The second-order valence-electron chi connectivity index (χ2n) is 6.97. The Hall–Kier alpha value is -3.16. The zero-order valence-electron chi connectivity index (χ0n) is 18.7. The van der Waals surface area contributed by atoms with Gasteiger partial charge in [0.2, 0.25) is 0 Å². The van der Waals surface area contributed by atoms with Gasteiger partial charge in [0.25, 0.3) is 0 Å². The van der Waals surface area contributed by atoms with Crippen molar-refractivity contribution in [3.05, 3.63) is 52.6 Å². The fourth-order valence-electron chi connectivity index (χ4n) is 2.79. The van der Waals surface area contributed by atoms with Gasteiger partial charge >= 0.3 is 11.9 Å². The fraction of sp³-hybridized carbons (Fsp3) is 0.429. The van der Waals surface area contributed by atoms with E-state index in [2.05, 4.69) is 31.2 Å².